The van der Waals surface area contributed by atoms with Crippen molar-refractivity contribution in [3.05, 3.63) is 47.5 Å². The van der Waals surface area contributed by atoms with Gasteiger partial charge in [-0.2, -0.15) is 0 Å². The number of amides is 2. The van der Waals surface area contributed by atoms with Gasteiger partial charge in [-0.15, -0.1) is 0 Å². The highest BCUT2D eigenvalue weighted by Gasteiger charge is 2.24. The zero-order valence-electron chi connectivity index (χ0n) is 19.1. The molecule has 9 heteroatoms. The number of phenols is 1. The van der Waals surface area contributed by atoms with E-state index in [1.54, 1.807) is 51.1 Å². The van der Waals surface area contributed by atoms with Crippen molar-refractivity contribution in [3.8, 4) is 17.2 Å². The zero-order valence-corrected chi connectivity index (χ0v) is 19.9. The summed E-state index contributed by atoms with van der Waals surface area (Å²) in [5.41, 5.74) is -0.414. The zero-order chi connectivity index (χ0) is 24.4. The number of benzene rings is 2. The lowest BCUT2D eigenvalue weighted by molar-refractivity contribution is -0.117. The number of aromatic hydroxyl groups is 1. The van der Waals surface area contributed by atoms with Crippen LogP contribution in [-0.2, 0) is 9.53 Å². The Labute approximate surface area is 199 Å². The molecular formula is C24H31ClN2O6. The lowest BCUT2D eigenvalue weighted by atomic mass is 10.2. The van der Waals surface area contributed by atoms with Crippen LogP contribution < -0.4 is 10.1 Å². The normalized spacial score (nSPS) is 11.1. The lowest BCUT2D eigenvalue weighted by Gasteiger charge is -2.27. The monoisotopic (exact) mass is 478 g/mol. The van der Waals surface area contributed by atoms with Crippen LogP contribution in [0.4, 0.5) is 10.5 Å². The van der Waals surface area contributed by atoms with E-state index >= 15 is 0 Å². The molecule has 0 unspecified atom stereocenters. The fourth-order valence-corrected chi connectivity index (χ4v) is 3.04. The highest BCUT2D eigenvalue weighted by molar-refractivity contribution is 6.31. The molecule has 0 saturated heterocycles. The van der Waals surface area contributed by atoms with E-state index in [1.807, 2.05) is 0 Å². The Bertz CT molecular complexity index is 945. The first kappa shape index (κ1) is 26.3. The first-order valence-corrected chi connectivity index (χ1v) is 11.1. The summed E-state index contributed by atoms with van der Waals surface area (Å²) in [6, 6.07) is 11.1. The van der Waals surface area contributed by atoms with Crippen molar-refractivity contribution < 1.29 is 29.3 Å². The number of carbonyl (C=O) groups excluding carboxylic acids is 2. The number of unbranched alkanes of at least 4 members (excludes halogenated alkanes) is 2. The third-order valence-corrected chi connectivity index (χ3v) is 4.61. The summed E-state index contributed by atoms with van der Waals surface area (Å²) in [6.45, 7) is 5.40. The largest absolute Gasteiger partial charge is 0.504 e. The summed E-state index contributed by atoms with van der Waals surface area (Å²) in [6.07, 6.45) is 1.35. The minimum Gasteiger partial charge on any atom is -0.504 e. The highest BCUT2D eigenvalue weighted by Crippen LogP contribution is 2.35. The predicted octanol–water partition coefficient (Wildman–Crippen LogP) is 5.18. The first-order chi connectivity index (χ1) is 15.6. The number of para-hydroxylation sites is 2. The van der Waals surface area contributed by atoms with Gasteiger partial charge in [-0.05, 0) is 70.4 Å². The molecule has 0 radical (unpaired) electrons. The van der Waals surface area contributed by atoms with Gasteiger partial charge in [0.05, 0.1) is 5.69 Å². The molecule has 3 N–H and O–H groups in total. The van der Waals surface area contributed by atoms with Crippen molar-refractivity contribution in [2.75, 3.05) is 25.0 Å². The molecule has 0 fully saturated rings. The van der Waals surface area contributed by atoms with Gasteiger partial charge in [0.15, 0.2) is 17.2 Å². The van der Waals surface area contributed by atoms with Crippen LogP contribution in [0.2, 0.25) is 5.02 Å². The molecule has 0 bridgehead atoms. The number of halogens is 1. The van der Waals surface area contributed by atoms with E-state index in [9.17, 15) is 14.7 Å². The van der Waals surface area contributed by atoms with Gasteiger partial charge in [-0.3, -0.25) is 9.69 Å². The summed E-state index contributed by atoms with van der Waals surface area (Å²) in [5, 5.41) is 22.0. The smallest absolute Gasteiger partial charge is 0.410 e. The second-order valence-corrected chi connectivity index (χ2v) is 8.88. The molecule has 0 saturated carbocycles. The summed E-state index contributed by atoms with van der Waals surface area (Å²) in [4.78, 5) is 26.8. The van der Waals surface area contributed by atoms with E-state index in [4.69, 9.17) is 26.2 Å². The summed E-state index contributed by atoms with van der Waals surface area (Å²) in [7, 11) is 0. The molecule has 0 atom stereocenters. The number of hydrogen-bond acceptors (Lipinski definition) is 6. The lowest BCUT2D eigenvalue weighted by Crippen LogP contribution is -2.41. The van der Waals surface area contributed by atoms with Gasteiger partial charge in [0.25, 0.3) is 0 Å². The number of anilines is 1. The van der Waals surface area contributed by atoms with E-state index in [0.717, 1.165) is 0 Å². The third kappa shape index (κ3) is 9.19. The van der Waals surface area contributed by atoms with Gasteiger partial charge in [-0.1, -0.05) is 23.7 Å². The minimum atomic E-state index is -0.706. The van der Waals surface area contributed by atoms with Crippen LogP contribution in [0.25, 0.3) is 0 Å². The maximum absolute atomic E-state index is 12.8. The molecule has 0 aromatic heterocycles. The average Bonchev–Trinajstić information content (AvgIpc) is 2.72. The predicted molar refractivity (Wildman–Crippen MR) is 127 cm³/mol. The first-order valence-electron chi connectivity index (χ1n) is 10.7. The van der Waals surface area contributed by atoms with Gasteiger partial charge >= 0.3 is 6.09 Å². The molecule has 2 aromatic carbocycles. The van der Waals surface area contributed by atoms with E-state index in [0.29, 0.717) is 36.5 Å². The Hall–Kier alpha value is -2.97. The Morgan fingerprint density at radius 2 is 1.79 bits per heavy atom. The fraction of sp³-hybridized carbons (Fsp3) is 0.417. The number of carbonyl (C=O) groups is 2. The molecular weight excluding hydrogens is 448 g/mol. The van der Waals surface area contributed by atoms with Crippen molar-refractivity contribution in [2.24, 2.45) is 0 Å². The quantitative estimate of drug-likeness (QED) is 0.406. The van der Waals surface area contributed by atoms with Gasteiger partial charge in [0.1, 0.15) is 12.1 Å². The molecule has 2 amide bonds. The topological polar surface area (TPSA) is 108 Å². The number of rotatable bonds is 10. The van der Waals surface area contributed by atoms with Gasteiger partial charge < -0.3 is 25.0 Å². The van der Waals surface area contributed by atoms with Crippen LogP contribution in [-0.4, -0.2) is 52.4 Å². The van der Waals surface area contributed by atoms with E-state index in [-0.39, 0.29) is 30.4 Å². The van der Waals surface area contributed by atoms with Crippen molar-refractivity contribution >= 4 is 29.3 Å². The third-order valence-electron chi connectivity index (χ3n) is 4.37. The molecule has 0 aliphatic heterocycles. The van der Waals surface area contributed by atoms with Crippen molar-refractivity contribution in [3.63, 3.8) is 0 Å². The molecule has 2 rings (SSSR count). The minimum absolute atomic E-state index is 0.0521. The number of hydrogen-bond donors (Lipinski definition) is 3. The van der Waals surface area contributed by atoms with E-state index in [1.165, 1.54) is 17.0 Å². The maximum Gasteiger partial charge on any atom is 0.410 e. The number of phenolic OH excluding ortho intramolecular Hbond substituents is 1. The van der Waals surface area contributed by atoms with Gasteiger partial charge in [-0.25, -0.2) is 4.79 Å². The Morgan fingerprint density at radius 3 is 2.45 bits per heavy atom. The summed E-state index contributed by atoms with van der Waals surface area (Å²) < 4.78 is 11.2. The number of ether oxygens (including phenoxy) is 2. The Morgan fingerprint density at radius 1 is 1.06 bits per heavy atom. The number of nitrogens with one attached hydrogen (secondary N) is 1. The molecule has 0 spiro atoms. The molecule has 180 valence electrons. The number of aliphatic hydroxyl groups excluding tert-OH is 1. The van der Waals surface area contributed by atoms with Crippen LogP contribution >= 0.6 is 11.6 Å². The standard InChI is InChI=1S/C24H31ClN2O6/c1-24(2,3)33-23(31)27(13-7-4-8-14-28)16-22(30)26-18-15-17(25)11-12-20(18)32-21-10-6-5-9-19(21)29/h5-6,9-12,15,28-29H,4,7-8,13-14,16H2,1-3H3,(H,26,30). The molecule has 8 nitrogen and oxygen atoms in total. The Balaban J connectivity index is 2.14. The van der Waals surface area contributed by atoms with Crippen molar-refractivity contribution in [1.82, 2.24) is 4.90 Å². The average molecular weight is 479 g/mol. The fourth-order valence-electron chi connectivity index (χ4n) is 2.87. The van der Waals surface area contributed by atoms with Gasteiger partial charge in [0.2, 0.25) is 5.91 Å². The van der Waals surface area contributed by atoms with Gasteiger partial charge in [0, 0.05) is 18.2 Å². The molecule has 2 aromatic rings. The molecule has 33 heavy (non-hydrogen) atoms. The van der Waals surface area contributed by atoms with E-state index in [2.05, 4.69) is 5.32 Å². The van der Waals surface area contributed by atoms with Crippen LogP contribution in [0.5, 0.6) is 17.2 Å². The number of nitrogens with zero attached hydrogens (tertiary/aromatic N) is 1. The molecule has 0 heterocycles. The number of aliphatic hydroxyl groups is 1. The molecule has 0 aliphatic carbocycles. The van der Waals surface area contributed by atoms with Crippen LogP contribution in [0.15, 0.2) is 42.5 Å². The van der Waals surface area contributed by atoms with Crippen molar-refractivity contribution in [1.29, 1.82) is 0 Å². The van der Waals surface area contributed by atoms with Crippen molar-refractivity contribution in [2.45, 2.75) is 45.6 Å². The summed E-state index contributed by atoms with van der Waals surface area (Å²) in [5.74, 6) is -0.0216. The highest BCUT2D eigenvalue weighted by atomic mass is 35.5. The molecule has 0 aliphatic rings. The Kier molecular flexibility index (Phi) is 9.81. The van der Waals surface area contributed by atoms with Crippen LogP contribution in [0.3, 0.4) is 0 Å². The SMILES string of the molecule is CC(C)(C)OC(=O)N(CCCCCO)CC(=O)Nc1cc(Cl)ccc1Oc1ccccc1O. The van der Waals surface area contributed by atoms with Crippen LogP contribution in [0.1, 0.15) is 40.0 Å². The van der Waals surface area contributed by atoms with E-state index < -0.39 is 17.6 Å². The second-order valence-electron chi connectivity index (χ2n) is 8.44. The second kappa shape index (κ2) is 12.3. The van der Waals surface area contributed by atoms with Crippen LogP contribution in [0, 0.1) is 0 Å². The summed E-state index contributed by atoms with van der Waals surface area (Å²) >= 11 is 6.10. The maximum atomic E-state index is 12.8.